The summed E-state index contributed by atoms with van der Waals surface area (Å²) in [5.41, 5.74) is 7.08. The van der Waals surface area contributed by atoms with Crippen LogP contribution in [0.15, 0.2) is 120 Å². The smallest absolute Gasteiger partial charge is 0.280 e. The molecule has 1 N–H and O–H groups in total. The number of benzene rings is 4. The van der Waals surface area contributed by atoms with Crippen LogP contribution in [0, 0.1) is 0 Å². The number of nitrogens with one attached hydrogen (secondary N) is 1. The molecule has 0 spiro atoms. The highest BCUT2D eigenvalue weighted by molar-refractivity contribution is 6.54. The summed E-state index contributed by atoms with van der Waals surface area (Å²) in [6.45, 7) is 1.74. The zero-order chi connectivity index (χ0) is 24.7. The van der Waals surface area contributed by atoms with E-state index in [1.165, 1.54) is 0 Å². The molecule has 36 heavy (non-hydrogen) atoms. The van der Waals surface area contributed by atoms with E-state index in [4.69, 9.17) is 0 Å². The Kier molecular flexibility index (Phi) is 6.96. The second-order valence-corrected chi connectivity index (χ2v) is 8.62. The van der Waals surface area contributed by atoms with Crippen LogP contribution in [-0.4, -0.2) is 29.1 Å². The molecule has 0 saturated heterocycles. The first-order valence-corrected chi connectivity index (χ1v) is 11.8. The van der Waals surface area contributed by atoms with E-state index in [1.54, 1.807) is 29.2 Å². The van der Waals surface area contributed by atoms with Crippen molar-refractivity contribution in [2.75, 3.05) is 11.6 Å². The third kappa shape index (κ3) is 5.24. The van der Waals surface area contributed by atoms with Gasteiger partial charge in [0, 0.05) is 24.2 Å². The molecule has 0 unspecified atom stereocenters. The molecule has 0 bridgehead atoms. The van der Waals surface area contributed by atoms with Gasteiger partial charge < -0.3 is 0 Å². The fourth-order valence-corrected chi connectivity index (χ4v) is 4.31. The lowest BCUT2D eigenvalue weighted by molar-refractivity contribution is -0.112. The SMILES string of the molecule is O=C(NN=C1C(=O)N(CN(Cc2ccccc2)Cc2ccccc2)c2ccccc21)c1ccccc1. The quantitative estimate of drug-likeness (QED) is 0.372. The number of carbonyl (C=O) groups is 2. The Labute approximate surface area is 210 Å². The summed E-state index contributed by atoms with van der Waals surface area (Å²) >= 11 is 0. The van der Waals surface area contributed by atoms with Gasteiger partial charge in [-0.25, -0.2) is 5.43 Å². The normalized spacial score (nSPS) is 13.8. The molecule has 1 heterocycles. The maximum atomic E-state index is 13.6. The van der Waals surface area contributed by atoms with Crippen LogP contribution in [0.4, 0.5) is 5.69 Å². The van der Waals surface area contributed by atoms with Crippen molar-refractivity contribution in [3.05, 3.63) is 138 Å². The summed E-state index contributed by atoms with van der Waals surface area (Å²) < 4.78 is 0. The van der Waals surface area contributed by atoms with E-state index in [0.29, 0.717) is 30.9 Å². The van der Waals surface area contributed by atoms with Gasteiger partial charge in [-0.2, -0.15) is 5.10 Å². The number of fused-ring (bicyclic) bond motifs is 1. The average molecular weight is 475 g/mol. The first-order chi connectivity index (χ1) is 17.7. The molecule has 1 aliphatic rings. The number of nitrogens with zero attached hydrogens (tertiary/aromatic N) is 3. The fourth-order valence-electron chi connectivity index (χ4n) is 4.31. The summed E-state index contributed by atoms with van der Waals surface area (Å²) in [4.78, 5) is 30.1. The molecule has 0 saturated carbocycles. The van der Waals surface area contributed by atoms with Gasteiger partial charge in [0.15, 0.2) is 5.71 Å². The highest BCUT2D eigenvalue weighted by Gasteiger charge is 2.35. The number of para-hydroxylation sites is 1. The molecule has 0 aromatic heterocycles. The van der Waals surface area contributed by atoms with Crippen molar-refractivity contribution in [3.63, 3.8) is 0 Å². The van der Waals surface area contributed by atoms with Crippen LogP contribution in [0.1, 0.15) is 27.0 Å². The van der Waals surface area contributed by atoms with E-state index in [-0.39, 0.29) is 17.5 Å². The van der Waals surface area contributed by atoms with Crippen molar-refractivity contribution in [3.8, 4) is 0 Å². The van der Waals surface area contributed by atoms with Crippen LogP contribution >= 0.6 is 0 Å². The lowest BCUT2D eigenvalue weighted by atomic mass is 10.1. The summed E-state index contributed by atoms with van der Waals surface area (Å²) in [5, 5.41) is 4.25. The third-order valence-electron chi connectivity index (χ3n) is 6.04. The van der Waals surface area contributed by atoms with Gasteiger partial charge in [0.1, 0.15) is 0 Å². The van der Waals surface area contributed by atoms with Gasteiger partial charge >= 0.3 is 0 Å². The van der Waals surface area contributed by atoms with E-state index >= 15 is 0 Å². The molecular formula is C30H26N4O2. The third-order valence-corrected chi connectivity index (χ3v) is 6.04. The van der Waals surface area contributed by atoms with Gasteiger partial charge in [-0.15, -0.1) is 0 Å². The van der Waals surface area contributed by atoms with Crippen molar-refractivity contribution in [1.82, 2.24) is 10.3 Å². The van der Waals surface area contributed by atoms with E-state index in [0.717, 1.165) is 16.8 Å². The molecule has 178 valence electrons. The number of amides is 2. The van der Waals surface area contributed by atoms with Gasteiger partial charge in [0.25, 0.3) is 11.8 Å². The minimum atomic E-state index is -0.360. The monoisotopic (exact) mass is 474 g/mol. The Morgan fingerprint density at radius 1 is 0.722 bits per heavy atom. The van der Waals surface area contributed by atoms with E-state index in [1.807, 2.05) is 66.7 Å². The van der Waals surface area contributed by atoms with Crippen LogP contribution < -0.4 is 10.3 Å². The number of rotatable bonds is 8. The Morgan fingerprint density at radius 3 is 1.86 bits per heavy atom. The Bertz CT molecular complexity index is 1330. The Hall–Kier alpha value is -4.55. The van der Waals surface area contributed by atoms with E-state index in [2.05, 4.69) is 39.7 Å². The largest absolute Gasteiger partial charge is 0.293 e. The molecule has 2 amide bonds. The van der Waals surface area contributed by atoms with E-state index < -0.39 is 0 Å². The zero-order valence-corrected chi connectivity index (χ0v) is 19.7. The molecule has 0 fully saturated rings. The van der Waals surface area contributed by atoms with Gasteiger partial charge in [-0.05, 0) is 29.3 Å². The van der Waals surface area contributed by atoms with Crippen LogP contribution in [0.25, 0.3) is 0 Å². The molecule has 6 heteroatoms. The molecule has 6 nitrogen and oxygen atoms in total. The molecular weight excluding hydrogens is 448 g/mol. The number of hydrogen-bond acceptors (Lipinski definition) is 4. The first kappa shape index (κ1) is 23.2. The minimum Gasteiger partial charge on any atom is -0.293 e. The van der Waals surface area contributed by atoms with Crippen molar-refractivity contribution in [2.24, 2.45) is 5.10 Å². The summed E-state index contributed by atoms with van der Waals surface area (Å²) in [5.74, 6) is -0.600. The van der Waals surface area contributed by atoms with Crippen molar-refractivity contribution in [2.45, 2.75) is 13.1 Å². The van der Waals surface area contributed by atoms with Crippen molar-refractivity contribution >= 4 is 23.2 Å². The predicted molar refractivity (Wildman–Crippen MR) is 141 cm³/mol. The number of hydrogen-bond donors (Lipinski definition) is 1. The molecule has 1 aliphatic heterocycles. The highest BCUT2D eigenvalue weighted by Crippen LogP contribution is 2.29. The second kappa shape index (κ2) is 10.8. The molecule has 0 atom stereocenters. The maximum Gasteiger partial charge on any atom is 0.280 e. The number of carbonyl (C=O) groups excluding carboxylic acids is 2. The molecule has 4 aromatic rings. The predicted octanol–water partition coefficient (Wildman–Crippen LogP) is 4.83. The lowest BCUT2D eigenvalue weighted by Gasteiger charge is -2.28. The fraction of sp³-hybridized carbons (Fsp3) is 0.100. The highest BCUT2D eigenvalue weighted by atomic mass is 16.2. The maximum absolute atomic E-state index is 13.6. The second-order valence-electron chi connectivity index (χ2n) is 8.62. The van der Waals surface area contributed by atoms with Gasteiger partial charge in [-0.1, -0.05) is 97.1 Å². The molecule has 4 aromatic carbocycles. The zero-order valence-electron chi connectivity index (χ0n) is 19.7. The number of hydrazone groups is 1. The molecule has 5 rings (SSSR count). The van der Waals surface area contributed by atoms with Crippen LogP contribution in [0.2, 0.25) is 0 Å². The molecule has 0 radical (unpaired) electrons. The van der Waals surface area contributed by atoms with Crippen molar-refractivity contribution in [1.29, 1.82) is 0 Å². The molecule has 0 aliphatic carbocycles. The standard InChI is InChI=1S/C30H26N4O2/c35-29(25-16-8-3-9-17-25)32-31-28-26-18-10-11-19-27(26)34(30(28)36)22-33(20-23-12-4-1-5-13-23)21-24-14-6-2-7-15-24/h1-19H,20-22H2,(H,32,35). The van der Waals surface area contributed by atoms with Crippen LogP contribution in [0.3, 0.4) is 0 Å². The van der Waals surface area contributed by atoms with Crippen LogP contribution in [0.5, 0.6) is 0 Å². The minimum absolute atomic E-state index is 0.231. The van der Waals surface area contributed by atoms with Crippen molar-refractivity contribution < 1.29 is 9.59 Å². The summed E-state index contributed by atoms with van der Waals surface area (Å²) in [7, 11) is 0. The average Bonchev–Trinajstić information content (AvgIpc) is 3.19. The number of anilines is 1. The Balaban J connectivity index is 1.40. The van der Waals surface area contributed by atoms with Gasteiger partial charge in [-0.3, -0.25) is 19.4 Å². The van der Waals surface area contributed by atoms with Crippen LogP contribution in [-0.2, 0) is 17.9 Å². The topological polar surface area (TPSA) is 65.0 Å². The summed E-state index contributed by atoms with van der Waals surface area (Å²) in [6.07, 6.45) is 0. The van der Waals surface area contributed by atoms with Gasteiger partial charge in [0.05, 0.1) is 12.4 Å². The first-order valence-electron chi connectivity index (χ1n) is 11.8. The van der Waals surface area contributed by atoms with E-state index in [9.17, 15) is 9.59 Å². The Morgan fingerprint density at radius 2 is 1.25 bits per heavy atom. The lowest BCUT2D eigenvalue weighted by Crippen LogP contribution is -2.41. The van der Waals surface area contributed by atoms with Gasteiger partial charge in [0.2, 0.25) is 0 Å². The summed E-state index contributed by atoms with van der Waals surface area (Å²) in [6, 6.07) is 36.8.